The van der Waals surface area contributed by atoms with Crippen molar-refractivity contribution in [2.45, 2.75) is 26.2 Å². The maximum atomic E-state index is 5.32. The van der Waals surface area contributed by atoms with Gasteiger partial charge in [0, 0.05) is 6.42 Å². The molecule has 0 amide bonds. The normalized spacial score (nSPS) is 20.2. The monoisotopic (exact) mass is 247 g/mol. The second kappa shape index (κ2) is 4.94. The molecule has 0 saturated carbocycles. The van der Waals surface area contributed by atoms with Crippen molar-refractivity contribution in [3.8, 4) is 11.4 Å². The Morgan fingerprint density at radius 2 is 2.44 bits per heavy atom. The van der Waals surface area contributed by atoms with Crippen LogP contribution in [0.3, 0.4) is 0 Å². The van der Waals surface area contributed by atoms with Crippen LogP contribution in [0.5, 0.6) is 0 Å². The number of piperidine rings is 1. The van der Waals surface area contributed by atoms with Crippen molar-refractivity contribution < 1.29 is 8.94 Å². The minimum absolute atomic E-state index is 0.609. The summed E-state index contributed by atoms with van der Waals surface area (Å²) in [6.45, 7) is 4.07. The predicted molar refractivity (Wildman–Crippen MR) is 66.0 cm³/mol. The quantitative estimate of drug-likeness (QED) is 0.900. The average molecular weight is 247 g/mol. The molecule has 2 aromatic heterocycles. The van der Waals surface area contributed by atoms with Gasteiger partial charge >= 0.3 is 0 Å². The second-order valence-corrected chi connectivity index (χ2v) is 4.82. The fourth-order valence-electron chi connectivity index (χ4n) is 2.41. The van der Waals surface area contributed by atoms with E-state index in [0.717, 1.165) is 36.7 Å². The lowest BCUT2D eigenvalue weighted by Gasteiger charge is -2.20. The van der Waals surface area contributed by atoms with Crippen molar-refractivity contribution in [3.05, 3.63) is 24.0 Å². The Morgan fingerprint density at radius 1 is 1.50 bits per heavy atom. The highest BCUT2D eigenvalue weighted by Gasteiger charge is 2.18. The van der Waals surface area contributed by atoms with Gasteiger partial charge in [0.2, 0.25) is 11.7 Å². The van der Waals surface area contributed by atoms with E-state index in [-0.39, 0.29) is 0 Å². The Kier molecular flexibility index (Phi) is 3.15. The van der Waals surface area contributed by atoms with Gasteiger partial charge < -0.3 is 14.3 Å². The molecule has 1 fully saturated rings. The summed E-state index contributed by atoms with van der Waals surface area (Å²) < 4.78 is 10.6. The Bertz CT molecular complexity index is 512. The van der Waals surface area contributed by atoms with Crippen LogP contribution in [0.1, 0.15) is 24.5 Å². The van der Waals surface area contributed by atoms with Gasteiger partial charge in [-0.25, -0.2) is 0 Å². The van der Waals surface area contributed by atoms with Crippen LogP contribution in [-0.4, -0.2) is 23.2 Å². The first-order valence-corrected chi connectivity index (χ1v) is 6.40. The highest BCUT2D eigenvalue weighted by atomic mass is 16.5. The molecule has 1 saturated heterocycles. The number of hydrogen-bond donors (Lipinski definition) is 1. The van der Waals surface area contributed by atoms with Gasteiger partial charge in [0.05, 0.1) is 11.8 Å². The van der Waals surface area contributed by atoms with E-state index in [2.05, 4.69) is 15.5 Å². The van der Waals surface area contributed by atoms with Gasteiger partial charge in [-0.3, -0.25) is 0 Å². The summed E-state index contributed by atoms with van der Waals surface area (Å²) in [6.07, 6.45) is 4.96. The fraction of sp³-hybridized carbons (Fsp3) is 0.538. The molecule has 0 aliphatic carbocycles. The van der Waals surface area contributed by atoms with E-state index in [4.69, 9.17) is 8.94 Å². The zero-order valence-corrected chi connectivity index (χ0v) is 10.5. The van der Waals surface area contributed by atoms with Crippen LogP contribution in [0, 0.1) is 12.8 Å². The summed E-state index contributed by atoms with van der Waals surface area (Å²) in [6, 6.07) is 1.87. The minimum Gasteiger partial charge on any atom is -0.469 e. The zero-order valence-electron chi connectivity index (χ0n) is 10.5. The maximum absolute atomic E-state index is 5.32. The van der Waals surface area contributed by atoms with Crippen molar-refractivity contribution >= 4 is 0 Å². The Morgan fingerprint density at radius 3 is 3.17 bits per heavy atom. The van der Waals surface area contributed by atoms with Crippen LogP contribution < -0.4 is 5.32 Å². The molecule has 0 aromatic carbocycles. The van der Waals surface area contributed by atoms with Gasteiger partial charge in [0.25, 0.3) is 0 Å². The highest BCUT2D eigenvalue weighted by Crippen LogP contribution is 2.22. The standard InChI is InChI=1S/C13H17N3O2/c1-9-11(4-6-17-9)13-15-12(18-16-13)7-10-3-2-5-14-8-10/h4,6,10,14H,2-3,5,7-8H2,1H3. The van der Waals surface area contributed by atoms with Crippen molar-refractivity contribution in [3.63, 3.8) is 0 Å². The first-order valence-electron chi connectivity index (χ1n) is 6.40. The molecule has 1 aliphatic rings. The number of nitrogens with zero attached hydrogens (tertiary/aromatic N) is 2. The summed E-state index contributed by atoms with van der Waals surface area (Å²) >= 11 is 0. The number of aromatic nitrogens is 2. The Labute approximate surface area is 106 Å². The van der Waals surface area contributed by atoms with Gasteiger partial charge in [-0.2, -0.15) is 4.98 Å². The van der Waals surface area contributed by atoms with Gasteiger partial charge in [-0.15, -0.1) is 0 Å². The summed E-state index contributed by atoms with van der Waals surface area (Å²) in [5.41, 5.74) is 0.909. The van der Waals surface area contributed by atoms with Crippen LogP contribution in [0.15, 0.2) is 21.3 Å². The first kappa shape index (κ1) is 11.5. The summed E-state index contributed by atoms with van der Waals surface area (Å²) in [7, 11) is 0. The third-order valence-electron chi connectivity index (χ3n) is 3.43. The van der Waals surface area contributed by atoms with Crippen molar-refractivity contribution in [2.24, 2.45) is 5.92 Å². The van der Waals surface area contributed by atoms with Gasteiger partial charge in [-0.05, 0) is 44.8 Å². The first-order chi connectivity index (χ1) is 8.83. The van der Waals surface area contributed by atoms with E-state index in [1.165, 1.54) is 12.8 Å². The SMILES string of the molecule is Cc1occc1-c1noc(CC2CCCNC2)n1. The average Bonchev–Trinajstić information content (AvgIpc) is 2.99. The lowest BCUT2D eigenvalue weighted by atomic mass is 9.96. The number of furan rings is 1. The zero-order chi connectivity index (χ0) is 12.4. The van der Waals surface area contributed by atoms with E-state index < -0.39 is 0 Å². The van der Waals surface area contributed by atoms with E-state index >= 15 is 0 Å². The van der Waals surface area contributed by atoms with E-state index in [0.29, 0.717) is 11.7 Å². The third-order valence-corrected chi connectivity index (χ3v) is 3.43. The molecule has 18 heavy (non-hydrogen) atoms. The molecule has 5 heteroatoms. The van der Waals surface area contributed by atoms with Crippen molar-refractivity contribution in [1.29, 1.82) is 0 Å². The summed E-state index contributed by atoms with van der Waals surface area (Å²) in [5, 5.41) is 7.41. The van der Waals surface area contributed by atoms with Gasteiger partial charge in [-0.1, -0.05) is 5.16 Å². The van der Waals surface area contributed by atoms with Gasteiger partial charge in [0.1, 0.15) is 5.76 Å². The molecule has 96 valence electrons. The van der Waals surface area contributed by atoms with Crippen molar-refractivity contribution in [1.82, 2.24) is 15.5 Å². The molecule has 5 nitrogen and oxygen atoms in total. The molecule has 3 rings (SSSR count). The molecular weight excluding hydrogens is 230 g/mol. The molecular formula is C13H17N3O2. The minimum atomic E-state index is 0.609. The third kappa shape index (κ3) is 2.31. The van der Waals surface area contributed by atoms with Crippen LogP contribution in [-0.2, 0) is 6.42 Å². The highest BCUT2D eigenvalue weighted by molar-refractivity contribution is 5.56. The van der Waals surface area contributed by atoms with E-state index in [1.807, 2.05) is 13.0 Å². The molecule has 1 N–H and O–H groups in total. The molecule has 1 unspecified atom stereocenters. The Hall–Kier alpha value is -1.62. The largest absolute Gasteiger partial charge is 0.469 e. The topological polar surface area (TPSA) is 64.1 Å². The van der Waals surface area contributed by atoms with Gasteiger partial charge in [0.15, 0.2) is 0 Å². The number of aryl methyl sites for hydroxylation is 1. The molecule has 3 heterocycles. The number of rotatable bonds is 3. The maximum Gasteiger partial charge on any atom is 0.227 e. The van der Waals surface area contributed by atoms with Crippen LogP contribution >= 0.6 is 0 Å². The van der Waals surface area contributed by atoms with E-state index in [9.17, 15) is 0 Å². The summed E-state index contributed by atoms with van der Waals surface area (Å²) in [5.74, 6) is 2.78. The van der Waals surface area contributed by atoms with Crippen LogP contribution in [0.2, 0.25) is 0 Å². The predicted octanol–water partition coefficient (Wildman–Crippen LogP) is 2.18. The van der Waals surface area contributed by atoms with Crippen LogP contribution in [0.4, 0.5) is 0 Å². The molecule has 1 atom stereocenters. The number of nitrogens with one attached hydrogen (secondary N) is 1. The fourth-order valence-corrected chi connectivity index (χ4v) is 2.41. The lowest BCUT2D eigenvalue weighted by molar-refractivity contribution is 0.316. The van der Waals surface area contributed by atoms with E-state index in [1.54, 1.807) is 6.26 Å². The van der Waals surface area contributed by atoms with Crippen LogP contribution in [0.25, 0.3) is 11.4 Å². The molecule has 1 aliphatic heterocycles. The molecule has 0 spiro atoms. The second-order valence-electron chi connectivity index (χ2n) is 4.82. The summed E-state index contributed by atoms with van der Waals surface area (Å²) in [4.78, 5) is 4.44. The number of hydrogen-bond acceptors (Lipinski definition) is 5. The lowest BCUT2D eigenvalue weighted by Crippen LogP contribution is -2.30. The molecule has 0 radical (unpaired) electrons. The smallest absolute Gasteiger partial charge is 0.227 e. The molecule has 0 bridgehead atoms. The Balaban J connectivity index is 1.71. The molecule has 2 aromatic rings. The van der Waals surface area contributed by atoms with Crippen molar-refractivity contribution in [2.75, 3.05) is 13.1 Å².